The van der Waals surface area contributed by atoms with Crippen LogP contribution in [0.2, 0.25) is 0 Å². The van der Waals surface area contributed by atoms with Crippen molar-refractivity contribution in [3.05, 3.63) is 94.5 Å². The Morgan fingerprint density at radius 3 is 2.62 bits per heavy atom. The molecule has 1 atom stereocenters. The summed E-state index contributed by atoms with van der Waals surface area (Å²) in [5, 5.41) is 5.35. The third kappa shape index (κ3) is 1.97. The number of hydrogen-bond donors (Lipinski definition) is 0. The molecule has 4 aromatic rings. The minimum absolute atomic E-state index is 0.0676. The van der Waals surface area contributed by atoms with Gasteiger partial charge in [-0.05, 0) is 66.5 Å². The lowest BCUT2D eigenvalue weighted by Crippen LogP contribution is -2.54. The van der Waals surface area contributed by atoms with Crippen molar-refractivity contribution in [3.8, 4) is 11.3 Å². The highest BCUT2D eigenvalue weighted by molar-refractivity contribution is 6.06. The molecule has 1 aliphatic heterocycles. The summed E-state index contributed by atoms with van der Waals surface area (Å²) in [4.78, 5) is 4.58. The van der Waals surface area contributed by atoms with Crippen LogP contribution in [0.5, 0.6) is 0 Å². The first-order valence-electron chi connectivity index (χ1n) is 11.6. The second kappa shape index (κ2) is 5.56. The number of fused-ring (bicyclic) bond motifs is 4. The van der Waals surface area contributed by atoms with E-state index in [1.807, 2.05) is 6.20 Å². The number of benzene rings is 2. The van der Waals surface area contributed by atoms with E-state index in [2.05, 4.69) is 99.0 Å². The third-order valence-electron chi connectivity index (χ3n) is 8.07. The summed E-state index contributed by atoms with van der Waals surface area (Å²) in [5.74, 6) is 0. The van der Waals surface area contributed by atoms with Gasteiger partial charge in [0.25, 0.3) is 0 Å². The highest BCUT2D eigenvalue weighted by Crippen LogP contribution is 2.57. The molecule has 3 heterocycles. The Hall–Kier alpha value is -3.26. The highest BCUT2D eigenvalue weighted by atomic mass is 15.1. The lowest BCUT2D eigenvalue weighted by molar-refractivity contribution is -0.725. The van der Waals surface area contributed by atoms with Crippen LogP contribution in [0, 0.1) is 6.92 Å². The molecule has 0 saturated carbocycles. The topological polar surface area (TPSA) is 16.8 Å². The van der Waals surface area contributed by atoms with Crippen LogP contribution in [0.1, 0.15) is 56.4 Å². The second-order valence-corrected chi connectivity index (χ2v) is 10.7. The van der Waals surface area contributed by atoms with Gasteiger partial charge in [0.05, 0.1) is 16.5 Å². The Bertz CT molecular complexity index is 1600. The average molecular weight is 416 g/mol. The Morgan fingerprint density at radius 2 is 1.81 bits per heavy atom. The molecular formula is C30H27N2+. The minimum Gasteiger partial charge on any atom is -0.264 e. The number of hydrogen-bond acceptors (Lipinski definition) is 1. The van der Waals surface area contributed by atoms with Gasteiger partial charge in [0.15, 0.2) is 6.20 Å². The van der Waals surface area contributed by atoms with Crippen LogP contribution in [0.15, 0.2) is 72.2 Å². The SMILES string of the molecule is CC1=CC2(CC(C)=C1)c1c3c(cc4ccncc14)C(C)(C)c1cc(C)cc4cc[n+]2c-3c14. The van der Waals surface area contributed by atoms with Crippen LogP contribution in [0.25, 0.3) is 32.8 Å². The zero-order chi connectivity index (χ0) is 22.0. The van der Waals surface area contributed by atoms with E-state index in [1.54, 1.807) is 0 Å². The molecule has 2 heteroatoms. The number of aryl methyl sites for hydroxylation is 1. The van der Waals surface area contributed by atoms with Crippen LogP contribution < -0.4 is 4.57 Å². The zero-order valence-electron chi connectivity index (χ0n) is 19.4. The second-order valence-electron chi connectivity index (χ2n) is 10.7. The predicted octanol–water partition coefficient (Wildman–Crippen LogP) is 6.64. The van der Waals surface area contributed by atoms with Crippen molar-refractivity contribution < 1.29 is 4.57 Å². The maximum absolute atomic E-state index is 4.58. The summed E-state index contributed by atoms with van der Waals surface area (Å²) in [7, 11) is 0. The molecule has 156 valence electrons. The minimum atomic E-state index is -0.207. The van der Waals surface area contributed by atoms with Gasteiger partial charge in [-0.1, -0.05) is 43.2 Å². The van der Waals surface area contributed by atoms with E-state index in [1.165, 1.54) is 66.2 Å². The Labute approximate surface area is 188 Å². The van der Waals surface area contributed by atoms with Gasteiger partial charge in [-0.2, -0.15) is 4.57 Å². The van der Waals surface area contributed by atoms with E-state index >= 15 is 0 Å². The van der Waals surface area contributed by atoms with Crippen molar-refractivity contribution in [2.75, 3.05) is 0 Å². The first kappa shape index (κ1) is 18.3. The summed E-state index contributed by atoms with van der Waals surface area (Å²) in [6.45, 7) is 11.6. The molecular weight excluding hydrogens is 388 g/mol. The molecule has 0 saturated heterocycles. The van der Waals surface area contributed by atoms with Gasteiger partial charge in [-0.3, -0.25) is 4.98 Å². The van der Waals surface area contributed by atoms with Gasteiger partial charge >= 0.3 is 0 Å². The van der Waals surface area contributed by atoms with Crippen molar-refractivity contribution in [3.63, 3.8) is 0 Å². The van der Waals surface area contributed by atoms with Crippen molar-refractivity contribution >= 4 is 21.5 Å². The van der Waals surface area contributed by atoms with Gasteiger partial charge in [-0.15, -0.1) is 0 Å². The van der Waals surface area contributed by atoms with Crippen molar-refractivity contribution in [2.45, 2.75) is 52.0 Å². The lowest BCUT2D eigenvalue weighted by atomic mass is 9.67. The number of pyridine rings is 2. The standard InChI is InChI=1S/C30H27N2/c1-17-11-21-7-9-32-28-25(21)23(12-17)29(4,5)24-13-20-6-8-31-16-22(20)27(26(24)28)30(32)14-18(2)10-19(3)15-30/h6-14,16H,15H2,1-5H3/q+1. The van der Waals surface area contributed by atoms with E-state index in [4.69, 9.17) is 0 Å². The maximum Gasteiger partial charge on any atom is 0.222 e. The van der Waals surface area contributed by atoms with Crippen LogP contribution in [-0.2, 0) is 11.0 Å². The molecule has 3 aliphatic rings. The number of nitrogens with zero attached hydrogens (tertiary/aromatic N) is 2. The fourth-order valence-electron chi connectivity index (χ4n) is 6.97. The largest absolute Gasteiger partial charge is 0.264 e. The molecule has 0 N–H and O–H groups in total. The van der Waals surface area contributed by atoms with E-state index < -0.39 is 0 Å². The van der Waals surface area contributed by atoms with Crippen molar-refractivity contribution in [1.82, 2.24) is 4.98 Å². The summed E-state index contributed by atoms with van der Waals surface area (Å²) in [5.41, 5.74) is 11.0. The Morgan fingerprint density at radius 1 is 0.969 bits per heavy atom. The molecule has 0 fully saturated rings. The zero-order valence-corrected chi connectivity index (χ0v) is 19.4. The molecule has 1 unspecified atom stereocenters. The molecule has 7 rings (SSSR count). The van der Waals surface area contributed by atoms with Gasteiger partial charge in [-0.25, -0.2) is 0 Å². The lowest BCUT2D eigenvalue weighted by Gasteiger charge is -2.33. The third-order valence-corrected chi connectivity index (χ3v) is 8.07. The molecule has 2 aromatic heterocycles. The molecule has 0 bridgehead atoms. The molecule has 32 heavy (non-hydrogen) atoms. The maximum atomic E-state index is 4.58. The normalized spacial score (nSPS) is 21.9. The van der Waals surface area contributed by atoms with Crippen molar-refractivity contribution in [1.29, 1.82) is 0 Å². The summed E-state index contributed by atoms with van der Waals surface area (Å²) < 4.78 is 2.59. The average Bonchev–Trinajstić information content (AvgIpc) is 3.00. The summed E-state index contributed by atoms with van der Waals surface area (Å²) >= 11 is 0. The molecule has 1 spiro atoms. The van der Waals surface area contributed by atoms with Gasteiger partial charge < -0.3 is 0 Å². The Balaban J connectivity index is 1.80. The monoisotopic (exact) mass is 415 g/mol. The smallest absolute Gasteiger partial charge is 0.222 e. The van der Waals surface area contributed by atoms with Gasteiger partial charge in [0.2, 0.25) is 11.2 Å². The number of aromatic nitrogens is 2. The number of allylic oxidation sites excluding steroid dienone is 4. The molecule has 2 aliphatic carbocycles. The highest BCUT2D eigenvalue weighted by Gasteiger charge is 2.56. The van der Waals surface area contributed by atoms with Crippen LogP contribution >= 0.6 is 0 Å². The molecule has 2 nitrogen and oxygen atoms in total. The van der Waals surface area contributed by atoms with Gasteiger partial charge in [0.1, 0.15) is 0 Å². The fourth-order valence-corrected chi connectivity index (χ4v) is 6.97. The van der Waals surface area contributed by atoms with E-state index in [-0.39, 0.29) is 11.0 Å². The van der Waals surface area contributed by atoms with E-state index in [9.17, 15) is 0 Å². The van der Waals surface area contributed by atoms with E-state index in [0.717, 1.165) is 6.42 Å². The van der Waals surface area contributed by atoms with Crippen LogP contribution in [0.3, 0.4) is 0 Å². The Kier molecular flexibility index (Phi) is 3.18. The summed E-state index contributed by atoms with van der Waals surface area (Å²) in [6.07, 6.45) is 12.2. The van der Waals surface area contributed by atoms with E-state index in [0.29, 0.717) is 0 Å². The fraction of sp³-hybridized carbons (Fsp3) is 0.267. The molecule has 2 aromatic carbocycles. The molecule has 0 amide bonds. The number of rotatable bonds is 0. The summed E-state index contributed by atoms with van der Waals surface area (Å²) in [6, 6.07) is 11.7. The van der Waals surface area contributed by atoms with Gasteiger partial charge in [0, 0.05) is 35.7 Å². The van der Waals surface area contributed by atoms with Crippen molar-refractivity contribution in [2.24, 2.45) is 0 Å². The predicted molar refractivity (Wildman–Crippen MR) is 131 cm³/mol. The quantitative estimate of drug-likeness (QED) is 0.294. The first-order valence-corrected chi connectivity index (χ1v) is 11.6. The van der Waals surface area contributed by atoms with Crippen LogP contribution in [0.4, 0.5) is 0 Å². The van der Waals surface area contributed by atoms with Crippen LogP contribution in [-0.4, -0.2) is 4.98 Å². The first-order chi connectivity index (χ1) is 15.3. The molecule has 0 radical (unpaired) electrons.